The molecule has 0 spiro atoms. The van der Waals surface area contributed by atoms with E-state index in [9.17, 15) is 4.79 Å². The summed E-state index contributed by atoms with van der Waals surface area (Å²) in [5, 5.41) is 2.16. The molecule has 2 aliphatic rings. The molecule has 0 saturated heterocycles. The lowest BCUT2D eigenvalue weighted by atomic mass is 9.80. The van der Waals surface area contributed by atoms with Gasteiger partial charge in [0.15, 0.2) is 5.78 Å². The number of rotatable bonds is 2. The quantitative estimate of drug-likeness (QED) is 0.740. The molecule has 2 heteroatoms. The summed E-state index contributed by atoms with van der Waals surface area (Å²) in [7, 11) is 0. The van der Waals surface area contributed by atoms with E-state index in [0.29, 0.717) is 5.78 Å². The van der Waals surface area contributed by atoms with Crippen molar-refractivity contribution in [3.63, 3.8) is 0 Å². The summed E-state index contributed by atoms with van der Waals surface area (Å²) in [6, 6.07) is 2.19. The van der Waals surface area contributed by atoms with E-state index < -0.39 is 0 Å². The lowest BCUT2D eigenvalue weighted by Crippen LogP contribution is -2.19. The van der Waals surface area contributed by atoms with E-state index in [-0.39, 0.29) is 5.92 Å². The molecule has 1 unspecified atom stereocenters. The Morgan fingerprint density at radius 2 is 2.00 bits per heavy atom. The van der Waals surface area contributed by atoms with E-state index in [4.69, 9.17) is 0 Å². The first-order valence-electron chi connectivity index (χ1n) is 7.66. The van der Waals surface area contributed by atoms with Crippen LogP contribution in [0.3, 0.4) is 0 Å². The highest BCUT2D eigenvalue weighted by atomic mass is 32.1. The van der Waals surface area contributed by atoms with Gasteiger partial charge in [0.2, 0.25) is 0 Å². The fourth-order valence-electron chi connectivity index (χ4n) is 3.40. The van der Waals surface area contributed by atoms with Gasteiger partial charge in [-0.2, -0.15) is 0 Å². The summed E-state index contributed by atoms with van der Waals surface area (Å²) in [6.07, 6.45) is 12.8. The maximum absolute atomic E-state index is 12.8. The minimum absolute atomic E-state index is 0.167. The van der Waals surface area contributed by atoms with E-state index >= 15 is 0 Å². The number of aryl methyl sites for hydroxylation is 1. The zero-order valence-corrected chi connectivity index (χ0v) is 12.3. The number of Topliss-reactive ketones (excluding diaryl/α,β-unsaturated/α-hetero) is 1. The van der Waals surface area contributed by atoms with Crippen molar-refractivity contribution in [3.8, 4) is 0 Å². The van der Waals surface area contributed by atoms with Crippen molar-refractivity contribution in [1.82, 2.24) is 0 Å². The Kier molecular flexibility index (Phi) is 4.17. The van der Waals surface area contributed by atoms with Gasteiger partial charge in [-0.15, -0.1) is 11.3 Å². The number of fused-ring (bicyclic) bond motifs is 1. The van der Waals surface area contributed by atoms with Gasteiger partial charge in [0.05, 0.1) is 0 Å². The van der Waals surface area contributed by atoms with Gasteiger partial charge in [-0.1, -0.05) is 18.9 Å². The zero-order valence-electron chi connectivity index (χ0n) is 11.5. The van der Waals surface area contributed by atoms with Crippen LogP contribution in [0, 0.1) is 0 Å². The number of ketones is 1. The SMILES string of the molecule is O=C(/C1=C/CCCCCC1)C1CCCc2sccc21. The number of carbonyl (C=O) groups excluding carboxylic acids is 1. The highest BCUT2D eigenvalue weighted by Crippen LogP contribution is 2.37. The number of thiophene rings is 1. The first kappa shape index (κ1) is 13.1. The molecule has 19 heavy (non-hydrogen) atoms. The summed E-state index contributed by atoms with van der Waals surface area (Å²) >= 11 is 1.83. The average Bonchev–Trinajstić information content (AvgIpc) is 2.85. The highest BCUT2D eigenvalue weighted by Gasteiger charge is 2.28. The molecule has 0 aromatic carbocycles. The molecule has 0 bridgehead atoms. The monoisotopic (exact) mass is 274 g/mol. The molecule has 1 nitrogen and oxygen atoms in total. The largest absolute Gasteiger partial charge is 0.294 e. The standard InChI is InChI=1S/C17H22OS/c18-17(13-7-4-2-1-3-5-8-13)15-9-6-10-16-14(15)11-12-19-16/h7,11-12,15H,1-6,8-10H2/b13-7+. The third kappa shape index (κ3) is 2.84. The third-order valence-electron chi connectivity index (χ3n) is 4.48. The van der Waals surface area contributed by atoms with Gasteiger partial charge in [0, 0.05) is 10.8 Å². The van der Waals surface area contributed by atoms with Crippen LogP contribution < -0.4 is 0 Å². The van der Waals surface area contributed by atoms with Gasteiger partial charge in [-0.3, -0.25) is 4.79 Å². The maximum atomic E-state index is 12.8. The molecular weight excluding hydrogens is 252 g/mol. The lowest BCUT2D eigenvalue weighted by molar-refractivity contribution is -0.117. The molecule has 0 aliphatic heterocycles. The molecule has 0 radical (unpaired) electrons. The minimum Gasteiger partial charge on any atom is -0.294 e. The predicted molar refractivity (Wildman–Crippen MR) is 80.8 cm³/mol. The zero-order chi connectivity index (χ0) is 13.1. The van der Waals surface area contributed by atoms with E-state index in [1.54, 1.807) is 0 Å². The number of hydrogen-bond donors (Lipinski definition) is 0. The Morgan fingerprint density at radius 1 is 1.11 bits per heavy atom. The predicted octanol–water partition coefficient (Wildman–Crippen LogP) is 5.02. The van der Waals surface area contributed by atoms with Gasteiger partial charge >= 0.3 is 0 Å². The number of allylic oxidation sites excluding steroid dienone is 2. The molecule has 3 rings (SSSR count). The smallest absolute Gasteiger partial charge is 0.166 e. The lowest BCUT2D eigenvalue weighted by Gasteiger charge is -2.23. The van der Waals surface area contributed by atoms with Crippen LogP contribution >= 0.6 is 11.3 Å². The Balaban J connectivity index is 1.81. The molecule has 102 valence electrons. The van der Waals surface area contributed by atoms with Gasteiger partial charge in [0.1, 0.15) is 0 Å². The molecule has 0 N–H and O–H groups in total. The summed E-state index contributed by atoms with van der Waals surface area (Å²) in [6.45, 7) is 0. The van der Waals surface area contributed by atoms with E-state index in [1.807, 2.05) is 11.3 Å². The van der Waals surface area contributed by atoms with Crippen LogP contribution in [0.1, 0.15) is 67.7 Å². The summed E-state index contributed by atoms with van der Waals surface area (Å²) < 4.78 is 0. The molecule has 1 aromatic rings. The van der Waals surface area contributed by atoms with Crippen molar-refractivity contribution >= 4 is 17.1 Å². The topological polar surface area (TPSA) is 17.1 Å². The van der Waals surface area contributed by atoms with Crippen molar-refractivity contribution in [2.24, 2.45) is 0 Å². The fraction of sp³-hybridized carbons (Fsp3) is 0.588. The van der Waals surface area contributed by atoms with Gasteiger partial charge < -0.3 is 0 Å². The van der Waals surface area contributed by atoms with Crippen LogP contribution in [-0.2, 0) is 11.2 Å². The second-order valence-electron chi connectivity index (χ2n) is 5.79. The Labute approximate surface area is 119 Å². The van der Waals surface area contributed by atoms with Crippen molar-refractivity contribution in [1.29, 1.82) is 0 Å². The van der Waals surface area contributed by atoms with E-state index in [1.165, 1.54) is 49.0 Å². The van der Waals surface area contributed by atoms with Crippen molar-refractivity contribution < 1.29 is 4.79 Å². The van der Waals surface area contributed by atoms with Crippen molar-refractivity contribution in [2.45, 2.75) is 63.7 Å². The van der Waals surface area contributed by atoms with Gasteiger partial charge in [0.25, 0.3) is 0 Å². The molecule has 0 saturated carbocycles. The first-order valence-corrected chi connectivity index (χ1v) is 8.54. The van der Waals surface area contributed by atoms with Gasteiger partial charge in [-0.25, -0.2) is 0 Å². The van der Waals surface area contributed by atoms with E-state index in [0.717, 1.165) is 24.8 Å². The molecule has 2 aliphatic carbocycles. The third-order valence-corrected chi connectivity index (χ3v) is 5.47. The average molecular weight is 274 g/mol. The summed E-state index contributed by atoms with van der Waals surface area (Å²) in [4.78, 5) is 14.3. The molecule has 1 heterocycles. The Bertz CT molecular complexity index is 483. The van der Waals surface area contributed by atoms with E-state index in [2.05, 4.69) is 17.5 Å². The number of carbonyl (C=O) groups is 1. The normalized spacial score (nSPS) is 26.7. The Hall–Kier alpha value is -0.890. The molecular formula is C17H22OS. The van der Waals surface area contributed by atoms with Crippen LogP contribution in [0.4, 0.5) is 0 Å². The molecule has 1 atom stereocenters. The van der Waals surface area contributed by atoms with Crippen LogP contribution in [0.25, 0.3) is 0 Å². The molecule has 0 fully saturated rings. The van der Waals surface area contributed by atoms with Crippen molar-refractivity contribution in [2.75, 3.05) is 0 Å². The van der Waals surface area contributed by atoms with Crippen LogP contribution in [0.5, 0.6) is 0 Å². The maximum Gasteiger partial charge on any atom is 0.166 e. The first-order chi connectivity index (χ1) is 9.36. The second kappa shape index (κ2) is 6.04. The molecule has 1 aromatic heterocycles. The summed E-state index contributed by atoms with van der Waals surface area (Å²) in [5.74, 6) is 0.599. The van der Waals surface area contributed by atoms with Crippen LogP contribution in [0.2, 0.25) is 0 Å². The second-order valence-corrected chi connectivity index (χ2v) is 6.79. The summed E-state index contributed by atoms with van der Waals surface area (Å²) in [5.41, 5.74) is 2.47. The highest BCUT2D eigenvalue weighted by molar-refractivity contribution is 7.10. The molecule has 0 amide bonds. The van der Waals surface area contributed by atoms with Crippen LogP contribution in [-0.4, -0.2) is 5.78 Å². The Morgan fingerprint density at radius 3 is 2.95 bits per heavy atom. The van der Waals surface area contributed by atoms with Crippen molar-refractivity contribution in [3.05, 3.63) is 33.5 Å². The number of hydrogen-bond acceptors (Lipinski definition) is 2. The minimum atomic E-state index is 0.167. The van der Waals surface area contributed by atoms with Crippen LogP contribution in [0.15, 0.2) is 23.1 Å². The fourth-order valence-corrected chi connectivity index (χ4v) is 4.39. The van der Waals surface area contributed by atoms with Gasteiger partial charge in [-0.05, 0) is 67.5 Å².